The van der Waals surface area contributed by atoms with Crippen molar-refractivity contribution in [2.75, 3.05) is 33.8 Å². The van der Waals surface area contributed by atoms with Crippen LogP contribution in [0.2, 0.25) is 0 Å². The highest BCUT2D eigenvalue weighted by Gasteiger charge is 2.16. The molecule has 1 aromatic rings. The quantitative estimate of drug-likeness (QED) is 0.367. The molecule has 1 amide bonds. The zero-order chi connectivity index (χ0) is 18.9. The maximum atomic E-state index is 11.9. The summed E-state index contributed by atoms with van der Waals surface area (Å²) < 4.78 is 5.78. The normalized spacial score (nSPS) is 18.2. The Kier molecular flexibility index (Phi) is 10.7. The number of benzene rings is 1. The lowest BCUT2D eigenvalue weighted by atomic mass is 10.0. The highest BCUT2D eigenvalue weighted by atomic mass is 127. The van der Waals surface area contributed by atoms with E-state index in [2.05, 4.69) is 41.6 Å². The molecule has 0 aromatic heterocycles. The molecule has 0 saturated carbocycles. The molecule has 1 heterocycles. The van der Waals surface area contributed by atoms with E-state index in [9.17, 15) is 4.79 Å². The van der Waals surface area contributed by atoms with Crippen LogP contribution in [0.25, 0.3) is 0 Å². The second kappa shape index (κ2) is 12.2. The van der Waals surface area contributed by atoms with Gasteiger partial charge in [-0.15, -0.1) is 24.0 Å². The lowest BCUT2D eigenvalue weighted by Crippen LogP contribution is -2.44. The first-order chi connectivity index (χ1) is 12.5. The van der Waals surface area contributed by atoms with Crippen molar-refractivity contribution < 1.29 is 9.53 Å². The smallest absolute Gasteiger partial charge is 0.243 e. The predicted octanol–water partition coefficient (Wildman–Crippen LogP) is 2.87. The Morgan fingerprint density at radius 3 is 2.70 bits per heavy atom. The third-order valence-electron chi connectivity index (χ3n) is 4.65. The number of likely N-dealkylation sites (N-methyl/N-ethyl adjacent to an activating group) is 1. The molecule has 2 unspecified atom stereocenters. The Morgan fingerprint density at radius 2 is 2.07 bits per heavy atom. The largest absolute Gasteiger partial charge is 0.376 e. The fourth-order valence-electron chi connectivity index (χ4n) is 2.98. The minimum atomic E-state index is -0.0245. The topological polar surface area (TPSA) is 66.0 Å². The van der Waals surface area contributed by atoms with Crippen LogP contribution in [0.5, 0.6) is 0 Å². The van der Waals surface area contributed by atoms with Gasteiger partial charge in [0, 0.05) is 27.2 Å². The van der Waals surface area contributed by atoms with E-state index in [0.29, 0.717) is 12.5 Å². The van der Waals surface area contributed by atoms with Gasteiger partial charge in [0.15, 0.2) is 5.96 Å². The fraction of sp³-hybridized carbons (Fsp3) is 0.600. The van der Waals surface area contributed by atoms with Crippen LogP contribution in [-0.4, -0.2) is 56.7 Å². The van der Waals surface area contributed by atoms with Crippen LogP contribution >= 0.6 is 24.0 Å². The summed E-state index contributed by atoms with van der Waals surface area (Å²) in [5.41, 5.74) is 2.45. The first-order valence-electron chi connectivity index (χ1n) is 9.39. The second-order valence-corrected chi connectivity index (χ2v) is 7.05. The van der Waals surface area contributed by atoms with E-state index in [1.807, 2.05) is 12.1 Å². The SMILES string of the molecule is Cc1ccccc1C(C)NC(=NCC(=O)N(C)C)NCC1CCCCO1.I. The van der Waals surface area contributed by atoms with Crippen molar-refractivity contribution in [2.45, 2.75) is 45.3 Å². The molecule has 1 aliphatic heterocycles. The first-order valence-corrected chi connectivity index (χ1v) is 9.39. The van der Waals surface area contributed by atoms with Crippen molar-refractivity contribution in [1.82, 2.24) is 15.5 Å². The molecule has 0 radical (unpaired) electrons. The van der Waals surface area contributed by atoms with Gasteiger partial charge in [0.1, 0.15) is 6.54 Å². The van der Waals surface area contributed by atoms with Gasteiger partial charge >= 0.3 is 0 Å². The summed E-state index contributed by atoms with van der Waals surface area (Å²) in [5.74, 6) is 0.619. The molecule has 1 aromatic carbocycles. The minimum Gasteiger partial charge on any atom is -0.376 e. The number of rotatable bonds is 6. The minimum absolute atomic E-state index is 0. The molecule has 152 valence electrons. The fourth-order valence-corrected chi connectivity index (χ4v) is 2.98. The molecule has 2 rings (SSSR count). The van der Waals surface area contributed by atoms with E-state index in [1.54, 1.807) is 19.0 Å². The van der Waals surface area contributed by atoms with Crippen molar-refractivity contribution in [1.29, 1.82) is 0 Å². The molecule has 1 fully saturated rings. The van der Waals surface area contributed by atoms with Gasteiger partial charge < -0.3 is 20.3 Å². The van der Waals surface area contributed by atoms with E-state index in [4.69, 9.17) is 4.74 Å². The van der Waals surface area contributed by atoms with Crippen LogP contribution in [0.15, 0.2) is 29.3 Å². The maximum absolute atomic E-state index is 11.9. The van der Waals surface area contributed by atoms with E-state index >= 15 is 0 Å². The highest BCUT2D eigenvalue weighted by molar-refractivity contribution is 14.0. The molecule has 0 aliphatic carbocycles. The zero-order valence-corrected chi connectivity index (χ0v) is 19.2. The number of hydrogen-bond acceptors (Lipinski definition) is 3. The van der Waals surface area contributed by atoms with Crippen LogP contribution in [0.1, 0.15) is 43.4 Å². The number of amides is 1. The summed E-state index contributed by atoms with van der Waals surface area (Å²) in [6, 6.07) is 8.37. The Hall–Kier alpha value is -1.35. The Morgan fingerprint density at radius 1 is 1.33 bits per heavy atom. The van der Waals surface area contributed by atoms with Crippen LogP contribution in [0.3, 0.4) is 0 Å². The van der Waals surface area contributed by atoms with Crippen molar-refractivity contribution in [3.05, 3.63) is 35.4 Å². The highest BCUT2D eigenvalue weighted by Crippen LogP contribution is 2.16. The number of guanidine groups is 1. The number of aryl methyl sites for hydroxylation is 1. The van der Waals surface area contributed by atoms with Crippen LogP contribution in [0, 0.1) is 6.92 Å². The summed E-state index contributed by atoms with van der Waals surface area (Å²) >= 11 is 0. The van der Waals surface area contributed by atoms with Gasteiger partial charge in [0.05, 0.1) is 12.1 Å². The number of carbonyl (C=O) groups is 1. The average molecular weight is 488 g/mol. The van der Waals surface area contributed by atoms with Gasteiger partial charge in [-0.2, -0.15) is 0 Å². The monoisotopic (exact) mass is 488 g/mol. The summed E-state index contributed by atoms with van der Waals surface area (Å²) in [6.45, 7) is 5.84. The van der Waals surface area contributed by atoms with Gasteiger partial charge in [0.2, 0.25) is 5.91 Å². The molecule has 7 heteroatoms. The van der Waals surface area contributed by atoms with E-state index in [1.165, 1.54) is 17.5 Å². The van der Waals surface area contributed by atoms with E-state index < -0.39 is 0 Å². The van der Waals surface area contributed by atoms with Crippen LogP contribution in [0.4, 0.5) is 0 Å². The summed E-state index contributed by atoms with van der Waals surface area (Å²) in [5, 5.41) is 6.77. The second-order valence-electron chi connectivity index (χ2n) is 7.05. The molecule has 1 saturated heterocycles. The first kappa shape index (κ1) is 23.7. The molecular formula is C20H33IN4O2. The van der Waals surface area contributed by atoms with Gasteiger partial charge in [-0.05, 0) is 44.2 Å². The maximum Gasteiger partial charge on any atom is 0.243 e. The number of nitrogens with one attached hydrogen (secondary N) is 2. The molecule has 1 aliphatic rings. The molecule has 0 spiro atoms. The lowest BCUT2D eigenvalue weighted by Gasteiger charge is -2.25. The number of carbonyl (C=O) groups excluding carboxylic acids is 1. The number of ether oxygens (including phenoxy) is 1. The predicted molar refractivity (Wildman–Crippen MR) is 121 cm³/mol. The Labute approximate surface area is 180 Å². The Bertz CT molecular complexity index is 616. The lowest BCUT2D eigenvalue weighted by molar-refractivity contribution is -0.127. The zero-order valence-electron chi connectivity index (χ0n) is 16.8. The van der Waals surface area contributed by atoms with Crippen molar-refractivity contribution in [2.24, 2.45) is 4.99 Å². The average Bonchev–Trinajstić information content (AvgIpc) is 2.64. The number of aliphatic imine (C=N–C) groups is 1. The van der Waals surface area contributed by atoms with Gasteiger partial charge in [-0.1, -0.05) is 24.3 Å². The summed E-state index contributed by atoms with van der Waals surface area (Å²) in [7, 11) is 3.48. The number of hydrogen-bond donors (Lipinski definition) is 2. The summed E-state index contributed by atoms with van der Waals surface area (Å²) in [4.78, 5) is 17.9. The third kappa shape index (κ3) is 8.04. The Balaban J connectivity index is 0.00000364. The molecular weight excluding hydrogens is 455 g/mol. The van der Waals surface area contributed by atoms with E-state index in [0.717, 1.165) is 19.4 Å². The van der Waals surface area contributed by atoms with Crippen molar-refractivity contribution in [3.63, 3.8) is 0 Å². The third-order valence-corrected chi connectivity index (χ3v) is 4.65. The molecule has 2 atom stereocenters. The van der Waals surface area contributed by atoms with Gasteiger partial charge in [0.25, 0.3) is 0 Å². The van der Waals surface area contributed by atoms with Crippen LogP contribution < -0.4 is 10.6 Å². The standard InChI is InChI=1S/C20H32N4O2.HI/c1-15-9-5-6-11-18(15)16(2)23-20(22-14-19(25)24(3)4)21-13-17-10-7-8-12-26-17;/h5-6,9,11,16-17H,7-8,10,12-14H2,1-4H3,(H2,21,22,23);1H. The van der Waals surface area contributed by atoms with Crippen molar-refractivity contribution in [3.8, 4) is 0 Å². The number of halogens is 1. The van der Waals surface area contributed by atoms with E-state index in [-0.39, 0.29) is 48.6 Å². The van der Waals surface area contributed by atoms with Crippen molar-refractivity contribution >= 4 is 35.8 Å². The molecule has 6 nitrogen and oxygen atoms in total. The molecule has 2 N–H and O–H groups in total. The number of nitrogens with zero attached hydrogens (tertiary/aromatic N) is 2. The van der Waals surface area contributed by atoms with Gasteiger partial charge in [-0.3, -0.25) is 4.79 Å². The van der Waals surface area contributed by atoms with Crippen LogP contribution in [-0.2, 0) is 9.53 Å². The molecule has 0 bridgehead atoms. The van der Waals surface area contributed by atoms with Gasteiger partial charge in [-0.25, -0.2) is 4.99 Å². The molecule has 27 heavy (non-hydrogen) atoms. The summed E-state index contributed by atoms with van der Waals surface area (Å²) in [6.07, 6.45) is 3.60.